The first-order valence-corrected chi connectivity index (χ1v) is 8.32. The summed E-state index contributed by atoms with van der Waals surface area (Å²) in [6.07, 6.45) is 1.05. The van der Waals surface area contributed by atoms with Gasteiger partial charge in [0.05, 0.1) is 5.69 Å². The SMILES string of the molecule is Fc1ccc(CNCc2ccccc2)cc1N1CCCNCC1. The molecule has 1 saturated heterocycles. The van der Waals surface area contributed by atoms with Crippen molar-refractivity contribution >= 4 is 5.69 Å². The molecule has 0 unspecified atom stereocenters. The van der Waals surface area contributed by atoms with E-state index in [0.29, 0.717) is 0 Å². The molecule has 2 N–H and O–H groups in total. The summed E-state index contributed by atoms with van der Waals surface area (Å²) in [5.74, 6) is -0.126. The van der Waals surface area contributed by atoms with Crippen LogP contribution in [0.15, 0.2) is 48.5 Å². The van der Waals surface area contributed by atoms with E-state index < -0.39 is 0 Å². The molecule has 1 aliphatic heterocycles. The number of halogens is 1. The van der Waals surface area contributed by atoms with Crippen molar-refractivity contribution in [3.8, 4) is 0 Å². The predicted octanol–water partition coefficient (Wildman–Crippen LogP) is 2.92. The number of benzene rings is 2. The molecule has 3 rings (SSSR count). The second-order valence-electron chi connectivity index (χ2n) is 5.97. The van der Waals surface area contributed by atoms with Gasteiger partial charge < -0.3 is 15.5 Å². The Balaban J connectivity index is 1.62. The average Bonchev–Trinajstić information content (AvgIpc) is 2.87. The van der Waals surface area contributed by atoms with E-state index in [4.69, 9.17) is 0 Å². The van der Waals surface area contributed by atoms with Gasteiger partial charge in [-0.3, -0.25) is 0 Å². The van der Waals surface area contributed by atoms with E-state index in [2.05, 4.69) is 27.7 Å². The number of hydrogen-bond acceptors (Lipinski definition) is 3. The predicted molar refractivity (Wildman–Crippen MR) is 93.1 cm³/mol. The Morgan fingerprint density at radius 1 is 0.957 bits per heavy atom. The Kier molecular flexibility index (Phi) is 5.61. The Labute approximate surface area is 137 Å². The minimum absolute atomic E-state index is 0.126. The van der Waals surface area contributed by atoms with E-state index >= 15 is 0 Å². The molecule has 0 amide bonds. The maximum atomic E-state index is 14.2. The molecule has 0 atom stereocenters. The zero-order chi connectivity index (χ0) is 15.9. The van der Waals surface area contributed by atoms with Crippen LogP contribution in [-0.4, -0.2) is 26.2 Å². The van der Waals surface area contributed by atoms with Crippen molar-refractivity contribution in [3.05, 3.63) is 65.5 Å². The average molecular weight is 313 g/mol. The van der Waals surface area contributed by atoms with Gasteiger partial charge in [0.2, 0.25) is 0 Å². The summed E-state index contributed by atoms with van der Waals surface area (Å²) in [4.78, 5) is 2.15. The summed E-state index contributed by atoms with van der Waals surface area (Å²) < 4.78 is 14.2. The van der Waals surface area contributed by atoms with Gasteiger partial charge in [0.15, 0.2) is 0 Å². The highest BCUT2D eigenvalue weighted by molar-refractivity contribution is 5.50. The fourth-order valence-electron chi connectivity index (χ4n) is 2.94. The van der Waals surface area contributed by atoms with Crippen LogP contribution in [0, 0.1) is 5.82 Å². The molecule has 0 radical (unpaired) electrons. The number of hydrogen-bond donors (Lipinski definition) is 2. The van der Waals surface area contributed by atoms with E-state index in [1.54, 1.807) is 6.07 Å². The lowest BCUT2D eigenvalue weighted by Gasteiger charge is -2.23. The molecule has 4 heteroatoms. The van der Waals surface area contributed by atoms with Crippen molar-refractivity contribution in [2.75, 3.05) is 31.1 Å². The molecule has 3 nitrogen and oxygen atoms in total. The van der Waals surface area contributed by atoms with Crippen LogP contribution in [0.25, 0.3) is 0 Å². The van der Waals surface area contributed by atoms with E-state index in [1.165, 1.54) is 5.56 Å². The van der Waals surface area contributed by atoms with E-state index in [0.717, 1.165) is 56.9 Å². The van der Waals surface area contributed by atoms with Gasteiger partial charge in [0.25, 0.3) is 0 Å². The first kappa shape index (κ1) is 16.0. The molecule has 0 spiro atoms. The lowest BCUT2D eigenvalue weighted by Crippen LogP contribution is -2.28. The van der Waals surface area contributed by atoms with Crippen molar-refractivity contribution in [3.63, 3.8) is 0 Å². The van der Waals surface area contributed by atoms with Crippen molar-refractivity contribution in [2.45, 2.75) is 19.5 Å². The van der Waals surface area contributed by atoms with Gasteiger partial charge in [0, 0.05) is 32.7 Å². The number of anilines is 1. The molecule has 0 aromatic heterocycles. The van der Waals surface area contributed by atoms with Crippen molar-refractivity contribution in [1.82, 2.24) is 10.6 Å². The normalized spacial score (nSPS) is 15.4. The largest absolute Gasteiger partial charge is 0.368 e. The highest BCUT2D eigenvalue weighted by Gasteiger charge is 2.14. The van der Waals surface area contributed by atoms with Crippen LogP contribution in [0.1, 0.15) is 17.5 Å². The third kappa shape index (κ3) is 4.53. The maximum absolute atomic E-state index is 14.2. The first-order chi connectivity index (χ1) is 11.3. The molecule has 23 heavy (non-hydrogen) atoms. The van der Waals surface area contributed by atoms with E-state index in [1.807, 2.05) is 30.3 Å². The third-order valence-electron chi connectivity index (χ3n) is 4.19. The minimum Gasteiger partial charge on any atom is -0.368 e. The van der Waals surface area contributed by atoms with Crippen LogP contribution >= 0.6 is 0 Å². The molecule has 1 heterocycles. The summed E-state index contributed by atoms with van der Waals surface area (Å²) >= 11 is 0. The summed E-state index contributed by atoms with van der Waals surface area (Å²) in [5.41, 5.74) is 3.11. The number of rotatable bonds is 5. The molecular formula is C19H24FN3. The van der Waals surface area contributed by atoms with Crippen LogP contribution in [0.5, 0.6) is 0 Å². The summed E-state index contributed by atoms with van der Waals surface area (Å²) in [5, 5.41) is 6.78. The highest BCUT2D eigenvalue weighted by atomic mass is 19.1. The Hall–Kier alpha value is -1.91. The van der Waals surface area contributed by atoms with Crippen molar-refractivity contribution < 1.29 is 4.39 Å². The van der Waals surface area contributed by atoms with Crippen molar-refractivity contribution in [2.24, 2.45) is 0 Å². The molecule has 0 bridgehead atoms. The number of nitrogens with one attached hydrogen (secondary N) is 2. The van der Waals surface area contributed by atoms with Gasteiger partial charge in [-0.05, 0) is 36.2 Å². The first-order valence-electron chi connectivity index (χ1n) is 8.32. The summed E-state index contributed by atoms with van der Waals surface area (Å²) in [7, 11) is 0. The van der Waals surface area contributed by atoms with Crippen LogP contribution in [0.3, 0.4) is 0 Å². The molecule has 1 aliphatic rings. The lowest BCUT2D eigenvalue weighted by molar-refractivity contribution is 0.615. The lowest BCUT2D eigenvalue weighted by atomic mass is 10.1. The molecule has 0 aliphatic carbocycles. The highest BCUT2D eigenvalue weighted by Crippen LogP contribution is 2.22. The topological polar surface area (TPSA) is 27.3 Å². The third-order valence-corrected chi connectivity index (χ3v) is 4.19. The zero-order valence-corrected chi connectivity index (χ0v) is 13.4. The van der Waals surface area contributed by atoms with Gasteiger partial charge in [-0.2, -0.15) is 0 Å². The molecule has 122 valence electrons. The smallest absolute Gasteiger partial charge is 0.146 e. The quantitative estimate of drug-likeness (QED) is 0.889. The number of nitrogens with zero attached hydrogens (tertiary/aromatic N) is 1. The second-order valence-corrected chi connectivity index (χ2v) is 5.97. The summed E-state index contributed by atoms with van der Waals surface area (Å²) in [6.45, 7) is 5.25. The zero-order valence-electron chi connectivity index (χ0n) is 13.4. The minimum atomic E-state index is -0.126. The van der Waals surface area contributed by atoms with Crippen molar-refractivity contribution in [1.29, 1.82) is 0 Å². The molecule has 0 saturated carbocycles. The fraction of sp³-hybridized carbons (Fsp3) is 0.368. The monoisotopic (exact) mass is 313 g/mol. The van der Waals surface area contributed by atoms with Gasteiger partial charge in [-0.1, -0.05) is 36.4 Å². The molecular weight excluding hydrogens is 289 g/mol. The molecule has 2 aromatic carbocycles. The fourth-order valence-corrected chi connectivity index (χ4v) is 2.94. The second kappa shape index (κ2) is 8.09. The molecule has 1 fully saturated rings. The van der Waals surface area contributed by atoms with Gasteiger partial charge in [-0.15, -0.1) is 0 Å². The van der Waals surface area contributed by atoms with Crippen LogP contribution < -0.4 is 15.5 Å². The van der Waals surface area contributed by atoms with Crippen LogP contribution in [0.2, 0.25) is 0 Å². The maximum Gasteiger partial charge on any atom is 0.146 e. The Bertz CT molecular complexity index is 607. The van der Waals surface area contributed by atoms with E-state index in [9.17, 15) is 4.39 Å². The van der Waals surface area contributed by atoms with Crippen LogP contribution in [0.4, 0.5) is 10.1 Å². The standard InChI is InChI=1S/C19H24FN3/c20-18-8-7-17(15-22-14-16-5-2-1-3-6-16)13-19(18)23-11-4-9-21-10-12-23/h1-3,5-8,13,21-22H,4,9-12,14-15H2. The van der Waals surface area contributed by atoms with Crippen LogP contribution in [-0.2, 0) is 13.1 Å². The Morgan fingerprint density at radius 3 is 2.65 bits per heavy atom. The van der Waals surface area contributed by atoms with E-state index in [-0.39, 0.29) is 5.82 Å². The Morgan fingerprint density at radius 2 is 1.78 bits per heavy atom. The summed E-state index contributed by atoms with van der Waals surface area (Å²) in [6, 6.07) is 15.8. The van der Waals surface area contributed by atoms with Gasteiger partial charge in [0.1, 0.15) is 5.82 Å². The van der Waals surface area contributed by atoms with Gasteiger partial charge >= 0.3 is 0 Å². The molecule has 2 aromatic rings. The van der Waals surface area contributed by atoms with Gasteiger partial charge in [-0.25, -0.2) is 4.39 Å².